The monoisotopic (exact) mass is 429 g/mol. The van der Waals surface area contributed by atoms with E-state index in [9.17, 15) is 13.2 Å². The number of nitrogens with zero attached hydrogens (tertiary/aromatic N) is 3. The van der Waals surface area contributed by atoms with Crippen molar-refractivity contribution in [1.82, 2.24) is 14.9 Å². The number of hydrogen-bond acceptors (Lipinski definition) is 6. The second-order valence-electron chi connectivity index (χ2n) is 8.35. The average Bonchev–Trinajstić information content (AvgIpc) is 3.26. The molecule has 3 N–H and O–H groups in total. The van der Waals surface area contributed by atoms with Gasteiger partial charge in [0.25, 0.3) is 5.91 Å². The Morgan fingerprint density at radius 3 is 2.93 bits per heavy atom. The quantitative estimate of drug-likeness (QED) is 0.639. The van der Waals surface area contributed by atoms with E-state index in [4.69, 9.17) is 9.66 Å². The molecular formula is C20H23N5O4S. The van der Waals surface area contributed by atoms with Crippen molar-refractivity contribution in [1.29, 1.82) is 0 Å². The predicted octanol–water partition coefficient (Wildman–Crippen LogP) is 2.33. The highest BCUT2D eigenvalue weighted by Crippen LogP contribution is 2.36. The molecule has 3 aromatic rings. The summed E-state index contributed by atoms with van der Waals surface area (Å²) in [5.74, 6) is 0.443. The predicted molar refractivity (Wildman–Crippen MR) is 109 cm³/mol. The summed E-state index contributed by atoms with van der Waals surface area (Å²) < 4.78 is 30.0. The summed E-state index contributed by atoms with van der Waals surface area (Å²) in [5, 5.41) is 16.2. The lowest BCUT2D eigenvalue weighted by molar-refractivity contribution is 0.101. The number of nitrogens with one attached hydrogen (secondary N) is 1. The van der Waals surface area contributed by atoms with Crippen LogP contribution in [0.3, 0.4) is 0 Å². The van der Waals surface area contributed by atoms with Crippen molar-refractivity contribution in [2.45, 2.75) is 44.6 Å². The van der Waals surface area contributed by atoms with Crippen LogP contribution < -0.4 is 10.5 Å². The molecule has 2 aromatic heterocycles. The summed E-state index contributed by atoms with van der Waals surface area (Å²) >= 11 is 0. The molecule has 0 radical (unpaired) electrons. The second kappa shape index (κ2) is 7.37. The first-order chi connectivity index (χ1) is 14.1. The Morgan fingerprint density at radius 2 is 2.17 bits per heavy atom. The molecule has 0 aliphatic heterocycles. The Labute approximate surface area is 174 Å². The maximum atomic E-state index is 12.7. The molecule has 1 amide bonds. The maximum Gasteiger partial charge on any atom is 0.278 e. The van der Waals surface area contributed by atoms with Crippen molar-refractivity contribution in [3.05, 3.63) is 59.2 Å². The van der Waals surface area contributed by atoms with Gasteiger partial charge in [0.15, 0.2) is 5.69 Å². The topological polar surface area (TPSA) is 133 Å². The summed E-state index contributed by atoms with van der Waals surface area (Å²) in [7, 11) is -3.77. The third-order valence-electron chi connectivity index (χ3n) is 5.23. The standard InChI is InChI=1S/C20H23N5O4S/c1-20(2)7-6-17-16(9-20)18(24-29-17)19(26)23-14-10-22-25(12-14)11-13-4-3-5-15(8-13)30(21,27)28/h3-5,8,10,12H,6-7,9,11H2,1-2H3,(H,23,26)(H2,21,27,28). The number of aryl methyl sites for hydroxylation is 1. The molecule has 0 unspecified atom stereocenters. The highest BCUT2D eigenvalue weighted by Gasteiger charge is 2.32. The third-order valence-corrected chi connectivity index (χ3v) is 6.14. The largest absolute Gasteiger partial charge is 0.360 e. The molecule has 30 heavy (non-hydrogen) atoms. The molecule has 158 valence electrons. The second-order valence-corrected chi connectivity index (χ2v) is 9.91. The Hall–Kier alpha value is -2.98. The smallest absolute Gasteiger partial charge is 0.278 e. The van der Waals surface area contributed by atoms with E-state index in [1.165, 1.54) is 18.3 Å². The zero-order valence-corrected chi connectivity index (χ0v) is 17.6. The molecule has 1 aliphatic carbocycles. The van der Waals surface area contributed by atoms with Crippen LogP contribution >= 0.6 is 0 Å². The molecule has 0 bridgehead atoms. The third kappa shape index (κ3) is 4.29. The number of sulfonamides is 1. The summed E-state index contributed by atoms with van der Waals surface area (Å²) in [5.41, 5.74) is 2.51. The van der Waals surface area contributed by atoms with Gasteiger partial charge in [0.05, 0.1) is 23.3 Å². The van der Waals surface area contributed by atoms with Crippen LogP contribution in [0.5, 0.6) is 0 Å². The first kappa shape index (κ1) is 20.3. The number of fused-ring (bicyclic) bond motifs is 1. The van der Waals surface area contributed by atoms with Crippen LogP contribution in [0.15, 0.2) is 46.1 Å². The minimum absolute atomic E-state index is 0.0411. The lowest BCUT2D eigenvalue weighted by Gasteiger charge is -2.28. The Bertz CT molecular complexity index is 1210. The van der Waals surface area contributed by atoms with Gasteiger partial charge in [-0.05, 0) is 36.0 Å². The number of aromatic nitrogens is 3. The molecule has 2 heterocycles. The van der Waals surface area contributed by atoms with Crippen molar-refractivity contribution in [3.8, 4) is 0 Å². The number of carbonyl (C=O) groups excluding carboxylic acids is 1. The maximum absolute atomic E-state index is 12.7. The van der Waals surface area contributed by atoms with Gasteiger partial charge in [-0.25, -0.2) is 13.6 Å². The van der Waals surface area contributed by atoms with Crippen LogP contribution in [0.2, 0.25) is 0 Å². The Balaban J connectivity index is 1.47. The molecule has 0 fully saturated rings. The SMILES string of the molecule is CC1(C)CCc2onc(C(=O)Nc3cnn(Cc4cccc(S(N)(=O)=O)c4)c3)c2C1. The van der Waals surface area contributed by atoms with Gasteiger partial charge in [-0.1, -0.05) is 31.1 Å². The van der Waals surface area contributed by atoms with Gasteiger partial charge in [-0.2, -0.15) is 5.10 Å². The zero-order valence-electron chi connectivity index (χ0n) is 16.8. The van der Waals surface area contributed by atoms with Gasteiger partial charge in [0.2, 0.25) is 10.0 Å². The number of primary sulfonamides is 1. The molecule has 0 spiro atoms. The lowest BCUT2D eigenvalue weighted by atomic mass is 9.76. The number of anilines is 1. The first-order valence-corrected chi connectivity index (χ1v) is 11.1. The summed E-state index contributed by atoms with van der Waals surface area (Å²) in [6.07, 6.45) is 5.71. The lowest BCUT2D eigenvalue weighted by Crippen LogP contribution is -2.24. The minimum atomic E-state index is -3.77. The number of hydrogen-bond donors (Lipinski definition) is 2. The van der Waals surface area contributed by atoms with E-state index in [2.05, 4.69) is 29.4 Å². The molecule has 0 saturated carbocycles. The fourth-order valence-corrected chi connectivity index (χ4v) is 4.22. The van der Waals surface area contributed by atoms with Crippen molar-refractivity contribution < 1.29 is 17.7 Å². The van der Waals surface area contributed by atoms with E-state index < -0.39 is 10.0 Å². The van der Waals surface area contributed by atoms with Crippen LogP contribution in [0.1, 0.15) is 47.6 Å². The van der Waals surface area contributed by atoms with Gasteiger partial charge < -0.3 is 9.84 Å². The number of rotatable bonds is 5. The van der Waals surface area contributed by atoms with Gasteiger partial charge in [0.1, 0.15) is 5.76 Å². The summed E-state index contributed by atoms with van der Waals surface area (Å²) in [6, 6.07) is 6.33. The molecule has 1 aromatic carbocycles. The summed E-state index contributed by atoms with van der Waals surface area (Å²) in [4.78, 5) is 12.8. The average molecular weight is 430 g/mol. The van der Waals surface area contributed by atoms with Crippen LogP contribution in [-0.4, -0.2) is 29.3 Å². The van der Waals surface area contributed by atoms with Crippen LogP contribution in [0, 0.1) is 5.41 Å². The van der Waals surface area contributed by atoms with Gasteiger partial charge in [-0.15, -0.1) is 0 Å². The number of amides is 1. The number of carbonyl (C=O) groups is 1. The van der Waals surface area contributed by atoms with Gasteiger partial charge >= 0.3 is 0 Å². The van der Waals surface area contributed by atoms with Crippen LogP contribution in [-0.2, 0) is 29.4 Å². The highest BCUT2D eigenvalue weighted by atomic mass is 32.2. The van der Waals surface area contributed by atoms with Crippen molar-refractivity contribution in [2.24, 2.45) is 10.6 Å². The van der Waals surface area contributed by atoms with Crippen molar-refractivity contribution >= 4 is 21.6 Å². The fourth-order valence-electron chi connectivity index (χ4n) is 3.63. The number of benzene rings is 1. The van der Waals surface area contributed by atoms with E-state index in [1.807, 2.05) is 0 Å². The first-order valence-electron chi connectivity index (χ1n) is 9.54. The molecule has 0 saturated heterocycles. The van der Waals surface area contributed by atoms with Crippen LogP contribution in [0.4, 0.5) is 5.69 Å². The number of nitrogens with two attached hydrogens (primary N) is 1. The van der Waals surface area contributed by atoms with Gasteiger partial charge in [0, 0.05) is 18.2 Å². The molecular weight excluding hydrogens is 406 g/mol. The van der Waals surface area contributed by atoms with E-state index in [0.29, 0.717) is 17.9 Å². The molecule has 10 heteroatoms. The molecule has 1 aliphatic rings. The van der Waals surface area contributed by atoms with Crippen molar-refractivity contribution in [2.75, 3.05) is 5.32 Å². The highest BCUT2D eigenvalue weighted by molar-refractivity contribution is 7.89. The van der Waals surface area contributed by atoms with E-state index >= 15 is 0 Å². The minimum Gasteiger partial charge on any atom is -0.360 e. The van der Waals surface area contributed by atoms with Gasteiger partial charge in [-0.3, -0.25) is 9.48 Å². The molecule has 0 atom stereocenters. The zero-order chi connectivity index (χ0) is 21.5. The van der Waals surface area contributed by atoms with E-state index in [-0.39, 0.29) is 16.2 Å². The summed E-state index contributed by atoms with van der Waals surface area (Å²) in [6.45, 7) is 4.66. The normalized spacial score (nSPS) is 15.6. The van der Waals surface area contributed by atoms with E-state index in [1.54, 1.807) is 23.0 Å². The fraction of sp³-hybridized carbons (Fsp3) is 0.350. The van der Waals surface area contributed by atoms with Crippen LogP contribution in [0.25, 0.3) is 0 Å². The molecule has 4 rings (SSSR count). The Kier molecular flexibility index (Phi) is 4.99. The van der Waals surface area contributed by atoms with E-state index in [0.717, 1.165) is 36.1 Å². The Morgan fingerprint density at radius 1 is 1.37 bits per heavy atom. The van der Waals surface area contributed by atoms with Crippen molar-refractivity contribution in [3.63, 3.8) is 0 Å². The molecule has 9 nitrogen and oxygen atoms in total.